The van der Waals surface area contributed by atoms with Gasteiger partial charge in [0.2, 0.25) is 0 Å². The van der Waals surface area contributed by atoms with Crippen molar-refractivity contribution in [1.82, 2.24) is 5.32 Å². The highest BCUT2D eigenvalue weighted by molar-refractivity contribution is 5.67. The molecule has 19 heavy (non-hydrogen) atoms. The Morgan fingerprint density at radius 1 is 1.26 bits per heavy atom. The Hall–Kier alpha value is -1.72. The van der Waals surface area contributed by atoms with E-state index in [4.69, 9.17) is 4.74 Å². The number of carbonyl (C=O) groups is 1. The van der Waals surface area contributed by atoms with Crippen molar-refractivity contribution in [2.75, 3.05) is 0 Å². The zero-order valence-corrected chi connectivity index (χ0v) is 10.7. The quantitative estimate of drug-likeness (QED) is 0.913. The SMILES string of the molecule is CC(C)C(NC(=O)OCc1ccccc1)C(F)(F)F. The number of rotatable bonds is 4. The summed E-state index contributed by atoms with van der Waals surface area (Å²) >= 11 is 0. The van der Waals surface area contributed by atoms with Crippen molar-refractivity contribution in [3.63, 3.8) is 0 Å². The van der Waals surface area contributed by atoms with E-state index in [1.807, 2.05) is 5.32 Å². The molecule has 1 atom stereocenters. The predicted octanol–water partition coefficient (Wildman–Crippen LogP) is 3.50. The molecule has 0 saturated carbocycles. The van der Waals surface area contributed by atoms with E-state index in [0.29, 0.717) is 5.56 Å². The number of hydrogen-bond donors (Lipinski definition) is 1. The fourth-order valence-corrected chi connectivity index (χ4v) is 1.52. The molecule has 1 rings (SSSR count). The molecule has 0 spiro atoms. The number of ether oxygens (including phenoxy) is 1. The lowest BCUT2D eigenvalue weighted by molar-refractivity contribution is -0.163. The molecule has 0 fully saturated rings. The summed E-state index contributed by atoms with van der Waals surface area (Å²) in [5.41, 5.74) is 0.714. The molecule has 1 unspecified atom stereocenters. The third-order valence-electron chi connectivity index (χ3n) is 2.51. The molecule has 106 valence electrons. The number of alkyl halides is 3. The van der Waals surface area contributed by atoms with Gasteiger partial charge in [0.1, 0.15) is 12.6 Å². The molecule has 0 aliphatic carbocycles. The topological polar surface area (TPSA) is 38.3 Å². The van der Waals surface area contributed by atoms with Crippen LogP contribution in [0.4, 0.5) is 18.0 Å². The van der Waals surface area contributed by atoms with Gasteiger partial charge in [-0.25, -0.2) is 4.79 Å². The van der Waals surface area contributed by atoms with E-state index in [-0.39, 0.29) is 6.61 Å². The number of carbonyl (C=O) groups excluding carboxylic acids is 1. The summed E-state index contributed by atoms with van der Waals surface area (Å²) in [4.78, 5) is 11.3. The minimum atomic E-state index is -4.49. The van der Waals surface area contributed by atoms with Gasteiger partial charge in [-0.2, -0.15) is 13.2 Å². The highest BCUT2D eigenvalue weighted by atomic mass is 19.4. The maximum Gasteiger partial charge on any atom is 0.408 e. The molecule has 1 amide bonds. The van der Waals surface area contributed by atoms with Crippen LogP contribution in [0.2, 0.25) is 0 Å². The summed E-state index contributed by atoms with van der Waals surface area (Å²) in [5, 5.41) is 1.84. The van der Waals surface area contributed by atoms with Gasteiger partial charge in [-0.15, -0.1) is 0 Å². The Morgan fingerprint density at radius 2 is 1.84 bits per heavy atom. The van der Waals surface area contributed by atoms with Gasteiger partial charge in [-0.05, 0) is 11.5 Å². The average molecular weight is 275 g/mol. The summed E-state index contributed by atoms with van der Waals surface area (Å²) < 4.78 is 42.6. The minimum absolute atomic E-state index is 0.0602. The molecular formula is C13H16F3NO2. The average Bonchev–Trinajstić information content (AvgIpc) is 2.33. The molecule has 0 radical (unpaired) electrons. The third-order valence-corrected chi connectivity index (χ3v) is 2.51. The van der Waals surface area contributed by atoms with Gasteiger partial charge in [0, 0.05) is 0 Å². The maximum atomic E-state index is 12.6. The fraction of sp³-hybridized carbons (Fsp3) is 0.462. The standard InChI is InChI=1S/C13H16F3NO2/c1-9(2)11(13(14,15)16)17-12(18)19-8-10-6-4-3-5-7-10/h3-7,9,11H,8H2,1-2H3,(H,17,18). The monoisotopic (exact) mass is 275 g/mol. The van der Waals surface area contributed by atoms with Gasteiger partial charge < -0.3 is 10.1 Å². The maximum absolute atomic E-state index is 12.6. The summed E-state index contributed by atoms with van der Waals surface area (Å²) in [6.07, 6.45) is -5.56. The van der Waals surface area contributed by atoms with E-state index in [2.05, 4.69) is 0 Å². The van der Waals surface area contributed by atoms with E-state index in [1.54, 1.807) is 30.3 Å². The smallest absolute Gasteiger partial charge is 0.408 e. The Morgan fingerprint density at radius 3 is 2.32 bits per heavy atom. The van der Waals surface area contributed by atoms with Gasteiger partial charge in [-0.3, -0.25) is 0 Å². The number of nitrogens with one attached hydrogen (secondary N) is 1. The van der Waals surface area contributed by atoms with Crippen LogP contribution >= 0.6 is 0 Å². The first-order valence-electron chi connectivity index (χ1n) is 5.84. The summed E-state index contributed by atoms with van der Waals surface area (Å²) in [5.74, 6) is -0.760. The first-order valence-corrected chi connectivity index (χ1v) is 5.84. The number of amides is 1. The molecule has 1 N–H and O–H groups in total. The van der Waals surface area contributed by atoms with Crippen LogP contribution in [0.3, 0.4) is 0 Å². The summed E-state index contributed by atoms with van der Waals surface area (Å²) in [7, 11) is 0. The first kappa shape index (κ1) is 15.3. The van der Waals surface area contributed by atoms with Crippen molar-refractivity contribution in [3.8, 4) is 0 Å². The Kier molecular flexibility index (Phi) is 5.20. The van der Waals surface area contributed by atoms with E-state index < -0.39 is 24.2 Å². The van der Waals surface area contributed by atoms with Crippen molar-refractivity contribution in [1.29, 1.82) is 0 Å². The van der Waals surface area contributed by atoms with Gasteiger partial charge in [0.15, 0.2) is 0 Å². The number of hydrogen-bond acceptors (Lipinski definition) is 2. The van der Waals surface area contributed by atoms with Crippen LogP contribution in [-0.4, -0.2) is 18.3 Å². The molecule has 1 aromatic carbocycles. The normalized spacial score (nSPS) is 13.2. The van der Waals surface area contributed by atoms with Crippen LogP contribution in [0, 0.1) is 5.92 Å². The molecule has 0 aliphatic heterocycles. The highest BCUT2D eigenvalue weighted by Crippen LogP contribution is 2.25. The molecule has 6 heteroatoms. The second kappa shape index (κ2) is 6.45. The lowest BCUT2D eigenvalue weighted by Gasteiger charge is -2.24. The lowest BCUT2D eigenvalue weighted by Crippen LogP contribution is -2.48. The van der Waals surface area contributed by atoms with Crippen molar-refractivity contribution >= 4 is 6.09 Å². The molecule has 3 nitrogen and oxygen atoms in total. The zero-order chi connectivity index (χ0) is 14.5. The second-order valence-electron chi connectivity index (χ2n) is 4.47. The largest absolute Gasteiger partial charge is 0.445 e. The van der Waals surface area contributed by atoms with E-state index in [9.17, 15) is 18.0 Å². The van der Waals surface area contributed by atoms with Crippen LogP contribution in [0.15, 0.2) is 30.3 Å². The van der Waals surface area contributed by atoms with Gasteiger partial charge in [0.05, 0.1) is 0 Å². The number of benzene rings is 1. The van der Waals surface area contributed by atoms with Crippen LogP contribution in [0.25, 0.3) is 0 Å². The van der Waals surface area contributed by atoms with Crippen molar-refractivity contribution in [2.45, 2.75) is 32.7 Å². The van der Waals surface area contributed by atoms with Crippen LogP contribution in [0.5, 0.6) is 0 Å². The molecule has 0 saturated heterocycles. The lowest BCUT2D eigenvalue weighted by atomic mass is 10.0. The van der Waals surface area contributed by atoms with E-state index >= 15 is 0 Å². The molecular weight excluding hydrogens is 259 g/mol. The fourth-order valence-electron chi connectivity index (χ4n) is 1.52. The van der Waals surface area contributed by atoms with Crippen LogP contribution in [0.1, 0.15) is 19.4 Å². The summed E-state index contributed by atoms with van der Waals surface area (Å²) in [6, 6.07) is 6.83. The van der Waals surface area contributed by atoms with E-state index in [1.165, 1.54) is 13.8 Å². The van der Waals surface area contributed by atoms with Crippen molar-refractivity contribution < 1.29 is 22.7 Å². The van der Waals surface area contributed by atoms with Crippen LogP contribution < -0.4 is 5.32 Å². The van der Waals surface area contributed by atoms with Gasteiger partial charge in [-0.1, -0.05) is 44.2 Å². The Balaban J connectivity index is 2.50. The van der Waals surface area contributed by atoms with Crippen molar-refractivity contribution in [3.05, 3.63) is 35.9 Å². The Bertz CT molecular complexity index is 404. The molecule has 0 aliphatic rings. The first-order chi connectivity index (χ1) is 8.80. The Labute approximate surface area is 109 Å². The van der Waals surface area contributed by atoms with Crippen molar-refractivity contribution in [2.24, 2.45) is 5.92 Å². The molecule has 0 aromatic heterocycles. The van der Waals surface area contributed by atoms with Gasteiger partial charge in [0.25, 0.3) is 0 Å². The zero-order valence-electron chi connectivity index (χ0n) is 10.7. The molecule has 0 heterocycles. The highest BCUT2D eigenvalue weighted by Gasteiger charge is 2.42. The minimum Gasteiger partial charge on any atom is -0.445 e. The third kappa shape index (κ3) is 5.19. The van der Waals surface area contributed by atoms with Gasteiger partial charge >= 0.3 is 12.3 Å². The number of halogens is 3. The second-order valence-corrected chi connectivity index (χ2v) is 4.47. The van der Waals surface area contributed by atoms with Crippen LogP contribution in [-0.2, 0) is 11.3 Å². The molecule has 1 aromatic rings. The molecule has 0 bridgehead atoms. The summed E-state index contributed by atoms with van der Waals surface area (Å²) in [6.45, 7) is 2.71. The number of alkyl carbamates (subject to hydrolysis) is 1. The predicted molar refractivity (Wildman–Crippen MR) is 64.4 cm³/mol. The van der Waals surface area contributed by atoms with E-state index in [0.717, 1.165) is 0 Å².